The predicted molar refractivity (Wildman–Crippen MR) is 68.6 cm³/mol. The predicted octanol–water partition coefficient (Wildman–Crippen LogP) is 2.68. The van der Waals surface area contributed by atoms with Gasteiger partial charge in [0.25, 0.3) is 0 Å². The lowest BCUT2D eigenvalue weighted by molar-refractivity contribution is 0.0164. The van der Waals surface area contributed by atoms with Gasteiger partial charge in [0.2, 0.25) is 0 Å². The molecule has 0 aliphatic carbocycles. The molecule has 2 nitrogen and oxygen atoms in total. The van der Waals surface area contributed by atoms with Gasteiger partial charge in [0, 0.05) is 5.54 Å². The Morgan fingerprint density at radius 3 is 2.12 bits per heavy atom. The van der Waals surface area contributed by atoms with Crippen LogP contribution in [-0.2, 0) is 0 Å². The molecule has 0 fully saturated rings. The molecule has 0 saturated heterocycles. The number of benzene rings is 1. The van der Waals surface area contributed by atoms with Gasteiger partial charge in [-0.3, -0.25) is 0 Å². The number of hydrogen-bond acceptors (Lipinski definition) is 2. The van der Waals surface area contributed by atoms with E-state index < -0.39 is 6.10 Å². The molecule has 0 aromatic heterocycles. The Bertz CT molecular complexity index is 369. The quantitative estimate of drug-likeness (QED) is 0.848. The van der Waals surface area contributed by atoms with Crippen LogP contribution >= 0.6 is 0 Å². The van der Waals surface area contributed by atoms with Crippen molar-refractivity contribution in [2.75, 3.05) is 14.1 Å². The van der Waals surface area contributed by atoms with E-state index in [0.717, 1.165) is 5.56 Å². The SMILES string of the molecule is Cc1ccc(C(O)C(C)(C)N(C)C)cc1C. The van der Waals surface area contributed by atoms with Crippen molar-refractivity contribution in [3.63, 3.8) is 0 Å². The molecule has 0 bridgehead atoms. The number of hydrogen-bond donors (Lipinski definition) is 1. The topological polar surface area (TPSA) is 23.5 Å². The molecule has 0 amide bonds. The van der Waals surface area contributed by atoms with E-state index in [9.17, 15) is 5.11 Å². The summed E-state index contributed by atoms with van der Waals surface area (Å²) in [5.41, 5.74) is 3.22. The first-order valence-electron chi connectivity index (χ1n) is 5.69. The maximum absolute atomic E-state index is 10.4. The van der Waals surface area contributed by atoms with E-state index in [-0.39, 0.29) is 5.54 Å². The molecule has 0 radical (unpaired) electrons. The highest BCUT2D eigenvalue weighted by Crippen LogP contribution is 2.30. The summed E-state index contributed by atoms with van der Waals surface area (Å²) in [5.74, 6) is 0. The number of likely N-dealkylation sites (N-methyl/N-ethyl adjacent to an activating group) is 1. The second-order valence-electron chi connectivity index (χ2n) is 5.29. The summed E-state index contributed by atoms with van der Waals surface area (Å²) in [4.78, 5) is 2.05. The van der Waals surface area contributed by atoms with Gasteiger partial charge >= 0.3 is 0 Å². The number of aliphatic hydroxyl groups is 1. The summed E-state index contributed by atoms with van der Waals surface area (Å²) in [6, 6.07) is 6.16. The number of aliphatic hydroxyl groups excluding tert-OH is 1. The minimum absolute atomic E-state index is 0.262. The fourth-order valence-electron chi connectivity index (χ4n) is 1.59. The van der Waals surface area contributed by atoms with Gasteiger partial charge in [-0.25, -0.2) is 0 Å². The van der Waals surface area contributed by atoms with Crippen molar-refractivity contribution in [1.29, 1.82) is 0 Å². The number of aryl methyl sites for hydroxylation is 2. The van der Waals surface area contributed by atoms with Crippen molar-refractivity contribution in [2.24, 2.45) is 0 Å². The summed E-state index contributed by atoms with van der Waals surface area (Å²) in [6.07, 6.45) is -0.471. The summed E-state index contributed by atoms with van der Waals surface area (Å²) in [7, 11) is 3.98. The second kappa shape index (κ2) is 4.56. The van der Waals surface area contributed by atoms with Gasteiger partial charge in [-0.05, 0) is 58.5 Å². The standard InChI is InChI=1S/C14H23NO/c1-10-7-8-12(9-11(10)2)13(16)14(3,4)15(5)6/h7-9,13,16H,1-6H3. The Hall–Kier alpha value is -0.860. The fourth-order valence-corrected chi connectivity index (χ4v) is 1.59. The van der Waals surface area contributed by atoms with Gasteiger partial charge < -0.3 is 10.0 Å². The maximum Gasteiger partial charge on any atom is 0.0968 e. The van der Waals surface area contributed by atoms with Gasteiger partial charge in [-0.15, -0.1) is 0 Å². The van der Waals surface area contributed by atoms with Crippen LogP contribution in [-0.4, -0.2) is 29.6 Å². The third-order valence-corrected chi connectivity index (χ3v) is 3.67. The molecule has 0 aliphatic heterocycles. The molecule has 1 atom stereocenters. The minimum atomic E-state index is -0.471. The lowest BCUT2D eigenvalue weighted by atomic mass is 9.89. The smallest absolute Gasteiger partial charge is 0.0968 e. The van der Waals surface area contributed by atoms with E-state index in [2.05, 4.69) is 26.0 Å². The average Bonchev–Trinajstić information content (AvgIpc) is 2.20. The van der Waals surface area contributed by atoms with Gasteiger partial charge in [-0.1, -0.05) is 18.2 Å². The summed E-state index contributed by atoms with van der Waals surface area (Å²) in [5, 5.41) is 10.4. The molecule has 2 heteroatoms. The first-order chi connectivity index (χ1) is 7.26. The first kappa shape index (κ1) is 13.2. The Morgan fingerprint density at radius 1 is 1.12 bits per heavy atom. The van der Waals surface area contributed by atoms with E-state index in [0.29, 0.717) is 0 Å². The van der Waals surface area contributed by atoms with Crippen LogP contribution < -0.4 is 0 Å². The van der Waals surface area contributed by atoms with Gasteiger partial charge in [0.15, 0.2) is 0 Å². The Balaban J connectivity index is 3.05. The summed E-state index contributed by atoms with van der Waals surface area (Å²) in [6.45, 7) is 8.26. The van der Waals surface area contributed by atoms with Crippen LogP contribution in [0.3, 0.4) is 0 Å². The molecule has 1 unspecified atom stereocenters. The zero-order valence-corrected chi connectivity index (χ0v) is 11.2. The van der Waals surface area contributed by atoms with Crippen molar-refractivity contribution in [3.05, 3.63) is 34.9 Å². The van der Waals surface area contributed by atoms with E-state index in [1.165, 1.54) is 11.1 Å². The molecule has 1 N–H and O–H groups in total. The Labute approximate surface area is 98.9 Å². The zero-order chi connectivity index (χ0) is 12.5. The molecule has 0 saturated carbocycles. The van der Waals surface area contributed by atoms with E-state index in [1.807, 2.05) is 38.9 Å². The molecule has 0 heterocycles. The van der Waals surface area contributed by atoms with Gasteiger partial charge in [0.05, 0.1) is 6.10 Å². The van der Waals surface area contributed by atoms with Crippen LogP contribution in [0.25, 0.3) is 0 Å². The maximum atomic E-state index is 10.4. The van der Waals surface area contributed by atoms with Crippen molar-refractivity contribution in [2.45, 2.75) is 39.3 Å². The highest BCUT2D eigenvalue weighted by Gasteiger charge is 2.31. The summed E-state index contributed by atoms with van der Waals surface area (Å²) >= 11 is 0. The van der Waals surface area contributed by atoms with Crippen molar-refractivity contribution < 1.29 is 5.11 Å². The third-order valence-electron chi connectivity index (χ3n) is 3.67. The normalized spacial score (nSPS) is 14.2. The second-order valence-corrected chi connectivity index (χ2v) is 5.29. The van der Waals surface area contributed by atoms with Crippen LogP contribution in [0, 0.1) is 13.8 Å². The largest absolute Gasteiger partial charge is 0.386 e. The molecular formula is C14H23NO. The lowest BCUT2D eigenvalue weighted by Gasteiger charge is -2.37. The van der Waals surface area contributed by atoms with Crippen LogP contribution in [0.5, 0.6) is 0 Å². The molecule has 1 aromatic carbocycles. The number of nitrogens with zero attached hydrogens (tertiary/aromatic N) is 1. The molecule has 16 heavy (non-hydrogen) atoms. The van der Waals surface area contributed by atoms with Crippen LogP contribution in [0.15, 0.2) is 18.2 Å². The molecular weight excluding hydrogens is 198 g/mol. The van der Waals surface area contributed by atoms with Crippen LogP contribution in [0.2, 0.25) is 0 Å². The van der Waals surface area contributed by atoms with Crippen molar-refractivity contribution in [3.8, 4) is 0 Å². The minimum Gasteiger partial charge on any atom is -0.386 e. The highest BCUT2D eigenvalue weighted by molar-refractivity contribution is 5.32. The molecule has 90 valence electrons. The van der Waals surface area contributed by atoms with Crippen molar-refractivity contribution in [1.82, 2.24) is 4.90 Å². The Morgan fingerprint density at radius 2 is 1.69 bits per heavy atom. The average molecular weight is 221 g/mol. The van der Waals surface area contributed by atoms with Crippen LogP contribution in [0.1, 0.15) is 36.6 Å². The first-order valence-corrected chi connectivity index (χ1v) is 5.69. The van der Waals surface area contributed by atoms with E-state index >= 15 is 0 Å². The van der Waals surface area contributed by atoms with Gasteiger partial charge in [0.1, 0.15) is 0 Å². The molecule has 0 aliphatic rings. The lowest BCUT2D eigenvalue weighted by Crippen LogP contribution is -2.43. The number of rotatable bonds is 3. The monoisotopic (exact) mass is 221 g/mol. The zero-order valence-electron chi connectivity index (χ0n) is 11.2. The van der Waals surface area contributed by atoms with E-state index in [4.69, 9.17) is 0 Å². The third kappa shape index (κ3) is 2.45. The van der Waals surface area contributed by atoms with E-state index in [1.54, 1.807) is 0 Å². The highest BCUT2D eigenvalue weighted by atomic mass is 16.3. The van der Waals surface area contributed by atoms with Crippen molar-refractivity contribution >= 4 is 0 Å². The Kier molecular flexibility index (Phi) is 3.76. The molecule has 1 rings (SSSR count). The summed E-state index contributed by atoms with van der Waals surface area (Å²) < 4.78 is 0. The molecule has 0 spiro atoms. The van der Waals surface area contributed by atoms with Gasteiger partial charge in [-0.2, -0.15) is 0 Å². The molecule has 1 aromatic rings. The fraction of sp³-hybridized carbons (Fsp3) is 0.571. The van der Waals surface area contributed by atoms with Crippen LogP contribution in [0.4, 0.5) is 0 Å².